The van der Waals surface area contributed by atoms with Gasteiger partial charge in [-0.05, 0) is 44.0 Å². The summed E-state index contributed by atoms with van der Waals surface area (Å²) in [5.74, 6) is -0.623. The zero-order valence-electron chi connectivity index (χ0n) is 16.2. The third-order valence-electron chi connectivity index (χ3n) is 4.56. The maximum absolute atomic E-state index is 12.9. The standard InChI is InChI=1S/C20H28FN3O3S/c1-15(28-14-18(25)23-17-8-6-16(21)7-9-17)20(27)22-11-10-19(26)24-12-4-2-3-5-13-24/h6-9,15H,2-5,10-14H2,1H3,(H,22,27)(H,23,25). The average Bonchev–Trinajstić information content (AvgIpc) is 2.97. The fraction of sp³-hybridized carbons (Fsp3) is 0.550. The molecule has 1 heterocycles. The van der Waals surface area contributed by atoms with E-state index in [4.69, 9.17) is 0 Å². The van der Waals surface area contributed by atoms with Crippen molar-refractivity contribution in [1.82, 2.24) is 10.2 Å². The molecule has 0 bridgehead atoms. The number of amides is 3. The minimum atomic E-state index is -0.410. The van der Waals surface area contributed by atoms with E-state index in [1.807, 2.05) is 4.90 Å². The molecule has 0 aliphatic carbocycles. The molecule has 1 unspecified atom stereocenters. The quantitative estimate of drug-likeness (QED) is 0.692. The van der Waals surface area contributed by atoms with Crippen LogP contribution >= 0.6 is 11.8 Å². The Morgan fingerprint density at radius 2 is 1.75 bits per heavy atom. The first-order valence-electron chi connectivity index (χ1n) is 9.68. The van der Waals surface area contributed by atoms with Crippen molar-refractivity contribution >= 4 is 35.2 Å². The summed E-state index contributed by atoms with van der Waals surface area (Å²) in [5.41, 5.74) is 0.510. The molecule has 1 atom stereocenters. The molecule has 2 N–H and O–H groups in total. The van der Waals surface area contributed by atoms with E-state index in [0.29, 0.717) is 18.7 Å². The number of carbonyl (C=O) groups excluding carboxylic acids is 3. The van der Waals surface area contributed by atoms with E-state index in [2.05, 4.69) is 10.6 Å². The highest BCUT2D eigenvalue weighted by Crippen LogP contribution is 2.13. The van der Waals surface area contributed by atoms with Gasteiger partial charge in [0.25, 0.3) is 0 Å². The molecule has 2 rings (SSSR count). The van der Waals surface area contributed by atoms with Crippen molar-refractivity contribution in [3.63, 3.8) is 0 Å². The van der Waals surface area contributed by atoms with Crippen LogP contribution in [-0.4, -0.2) is 53.3 Å². The Morgan fingerprint density at radius 1 is 1.11 bits per heavy atom. The SMILES string of the molecule is CC(SCC(=O)Nc1ccc(F)cc1)C(=O)NCCC(=O)N1CCCCCC1. The van der Waals surface area contributed by atoms with Crippen LogP contribution in [-0.2, 0) is 14.4 Å². The first-order valence-corrected chi connectivity index (χ1v) is 10.7. The van der Waals surface area contributed by atoms with E-state index in [0.717, 1.165) is 25.9 Å². The van der Waals surface area contributed by atoms with E-state index in [1.165, 1.54) is 48.9 Å². The second kappa shape index (κ2) is 11.7. The van der Waals surface area contributed by atoms with Gasteiger partial charge in [-0.25, -0.2) is 4.39 Å². The summed E-state index contributed by atoms with van der Waals surface area (Å²) in [6.45, 7) is 3.65. The summed E-state index contributed by atoms with van der Waals surface area (Å²) in [5, 5.41) is 5.01. The molecule has 0 radical (unpaired) electrons. The van der Waals surface area contributed by atoms with Gasteiger partial charge in [0.15, 0.2) is 0 Å². The number of likely N-dealkylation sites (tertiary alicyclic amines) is 1. The highest BCUT2D eigenvalue weighted by atomic mass is 32.2. The van der Waals surface area contributed by atoms with Gasteiger partial charge in [-0.2, -0.15) is 0 Å². The largest absolute Gasteiger partial charge is 0.355 e. The molecule has 6 nitrogen and oxygen atoms in total. The zero-order valence-corrected chi connectivity index (χ0v) is 17.0. The monoisotopic (exact) mass is 409 g/mol. The molecule has 28 heavy (non-hydrogen) atoms. The van der Waals surface area contributed by atoms with Gasteiger partial charge in [0.05, 0.1) is 11.0 Å². The van der Waals surface area contributed by atoms with E-state index < -0.39 is 5.25 Å². The lowest BCUT2D eigenvalue weighted by Crippen LogP contribution is -2.37. The van der Waals surface area contributed by atoms with Crippen LogP contribution in [0, 0.1) is 5.82 Å². The summed E-state index contributed by atoms with van der Waals surface area (Å²) < 4.78 is 12.9. The van der Waals surface area contributed by atoms with Crippen LogP contribution in [0.3, 0.4) is 0 Å². The summed E-state index contributed by atoms with van der Waals surface area (Å²) >= 11 is 1.21. The van der Waals surface area contributed by atoms with E-state index >= 15 is 0 Å². The second-order valence-electron chi connectivity index (χ2n) is 6.84. The first-order chi connectivity index (χ1) is 13.5. The molecule has 1 aliphatic heterocycles. The molecule has 1 saturated heterocycles. The lowest BCUT2D eigenvalue weighted by atomic mass is 10.2. The Kier molecular flexibility index (Phi) is 9.27. The van der Waals surface area contributed by atoms with Crippen LogP contribution in [0.2, 0.25) is 0 Å². The zero-order chi connectivity index (χ0) is 20.4. The number of thioether (sulfide) groups is 1. The first kappa shape index (κ1) is 22.2. The fourth-order valence-corrected chi connectivity index (χ4v) is 3.63. The van der Waals surface area contributed by atoms with E-state index in [9.17, 15) is 18.8 Å². The van der Waals surface area contributed by atoms with Crippen LogP contribution in [0.4, 0.5) is 10.1 Å². The smallest absolute Gasteiger partial charge is 0.234 e. The maximum atomic E-state index is 12.9. The summed E-state index contributed by atoms with van der Waals surface area (Å²) in [7, 11) is 0. The summed E-state index contributed by atoms with van der Waals surface area (Å²) in [6.07, 6.45) is 4.74. The number of halogens is 1. The van der Waals surface area contributed by atoms with Gasteiger partial charge in [0, 0.05) is 31.7 Å². The highest BCUT2D eigenvalue weighted by molar-refractivity contribution is 8.01. The Bertz CT molecular complexity index is 661. The minimum Gasteiger partial charge on any atom is -0.355 e. The molecule has 1 fully saturated rings. The minimum absolute atomic E-state index is 0.0844. The van der Waals surface area contributed by atoms with Gasteiger partial charge in [-0.3, -0.25) is 14.4 Å². The second-order valence-corrected chi connectivity index (χ2v) is 8.17. The molecule has 0 spiro atoms. The van der Waals surface area contributed by atoms with Crippen LogP contribution in [0.1, 0.15) is 39.0 Å². The predicted molar refractivity (Wildman–Crippen MR) is 110 cm³/mol. The van der Waals surface area contributed by atoms with Crippen molar-refractivity contribution in [2.75, 3.05) is 30.7 Å². The van der Waals surface area contributed by atoms with Crippen molar-refractivity contribution in [2.24, 2.45) is 0 Å². The molecule has 1 aliphatic rings. The molecular weight excluding hydrogens is 381 g/mol. The Labute approximate surface area is 169 Å². The fourth-order valence-electron chi connectivity index (χ4n) is 2.92. The van der Waals surface area contributed by atoms with Gasteiger partial charge in [0.1, 0.15) is 5.82 Å². The molecular formula is C20H28FN3O3S. The van der Waals surface area contributed by atoms with E-state index in [1.54, 1.807) is 6.92 Å². The van der Waals surface area contributed by atoms with Crippen LogP contribution in [0.5, 0.6) is 0 Å². The molecule has 8 heteroatoms. The normalized spacial score (nSPS) is 15.4. The van der Waals surface area contributed by atoms with Gasteiger partial charge in [0.2, 0.25) is 17.7 Å². The Balaban J connectivity index is 1.63. The molecule has 3 amide bonds. The topological polar surface area (TPSA) is 78.5 Å². The number of nitrogens with one attached hydrogen (secondary N) is 2. The number of benzene rings is 1. The van der Waals surface area contributed by atoms with E-state index in [-0.39, 0.29) is 29.3 Å². The van der Waals surface area contributed by atoms with Crippen molar-refractivity contribution in [1.29, 1.82) is 0 Å². The molecule has 1 aromatic rings. The van der Waals surface area contributed by atoms with Crippen molar-refractivity contribution < 1.29 is 18.8 Å². The van der Waals surface area contributed by atoms with Gasteiger partial charge < -0.3 is 15.5 Å². The molecule has 0 saturated carbocycles. The van der Waals surface area contributed by atoms with Gasteiger partial charge >= 0.3 is 0 Å². The van der Waals surface area contributed by atoms with Gasteiger partial charge in [-0.15, -0.1) is 11.8 Å². The highest BCUT2D eigenvalue weighted by Gasteiger charge is 2.18. The average molecular weight is 410 g/mol. The van der Waals surface area contributed by atoms with Crippen LogP contribution in [0.15, 0.2) is 24.3 Å². The number of anilines is 1. The van der Waals surface area contributed by atoms with Crippen molar-refractivity contribution in [2.45, 2.75) is 44.3 Å². The Morgan fingerprint density at radius 3 is 2.39 bits per heavy atom. The number of hydrogen-bond acceptors (Lipinski definition) is 4. The third kappa shape index (κ3) is 7.88. The maximum Gasteiger partial charge on any atom is 0.234 e. The lowest BCUT2D eigenvalue weighted by Gasteiger charge is -2.20. The number of carbonyl (C=O) groups is 3. The van der Waals surface area contributed by atoms with Crippen molar-refractivity contribution in [3.05, 3.63) is 30.1 Å². The Hall–Kier alpha value is -2.09. The lowest BCUT2D eigenvalue weighted by molar-refractivity contribution is -0.131. The third-order valence-corrected chi connectivity index (χ3v) is 5.70. The summed E-state index contributed by atoms with van der Waals surface area (Å²) in [4.78, 5) is 38.1. The molecule has 0 aromatic heterocycles. The number of nitrogens with zero attached hydrogens (tertiary/aromatic N) is 1. The number of rotatable bonds is 8. The van der Waals surface area contributed by atoms with Gasteiger partial charge in [-0.1, -0.05) is 12.8 Å². The van der Waals surface area contributed by atoms with Crippen LogP contribution < -0.4 is 10.6 Å². The van der Waals surface area contributed by atoms with Crippen molar-refractivity contribution in [3.8, 4) is 0 Å². The molecule has 154 valence electrons. The predicted octanol–water partition coefficient (Wildman–Crippen LogP) is 2.79. The summed E-state index contributed by atoms with van der Waals surface area (Å²) in [6, 6.07) is 5.50. The number of hydrogen-bond donors (Lipinski definition) is 2. The van der Waals surface area contributed by atoms with Crippen LogP contribution in [0.25, 0.3) is 0 Å². The molecule has 1 aromatic carbocycles.